The Morgan fingerprint density at radius 3 is 2.52 bits per heavy atom. The molecule has 3 rings (SSSR count). The summed E-state index contributed by atoms with van der Waals surface area (Å²) in [7, 11) is 1.72. The van der Waals surface area contributed by atoms with Crippen molar-refractivity contribution in [1.29, 1.82) is 0 Å². The highest BCUT2D eigenvalue weighted by Gasteiger charge is 2.17. The summed E-state index contributed by atoms with van der Waals surface area (Å²) in [6.45, 7) is 5.87. The monoisotopic (exact) mass is 351 g/mol. The van der Waals surface area contributed by atoms with E-state index in [-0.39, 0.29) is 5.56 Å². The summed E-state index contributed by atoms with van der Waals surface area (Å²) >= 11 is 6.02. The van der Waals surface area contributed by atoms with Gasteiger partial charge in [-0.05, 0) is 49.4 Å². The van der Waals surface area contributed by atoms with E-state index in [1.807, 2.05) is 54.0 Å². The minimum Gasteiger partial charge on any atom is -0.319 e. The van der Waals surface area contributed by atoms with E-state index in [1.165, 1.54) is 4.57 Å². The molecule has 0 atom stereocenters. The Morgan fingerprint density at radius 2 is 1.92 bits per heavy atom. The molecule has 0 aliphatic heterocycles. The maximum atomic E-state index is 12.1. The molecule has 2 aromatic heterocycles. The summed E-state index contributed by atoms with van der Waals surface area (Å²) in [6, 6.07) is 10.9. The molecule has 0 aliphatic rings. The molecule has 0 aliphatic carbocycles. The van der Waals surface area contributed by atoms with Gasteiger partial charge in [0.15, 0.2) is 0 Å². The van der Waals surface area contributed by atoms with Crippen molar-refractivity contribution < 1.29 is 0 Å². The van der Waals surface area contributed by atoms with Gasteiger partial charge in [0.05, 0.1) is 11.4 Å². The number of benzene rings is 1. The largest absolute Gasteiger partial charge is 0.319 e. The fourth-order valence-corrected chi connectivity index (χ4v) is 2.79. The number of aryl methyl sites for hydroxylation is 1. The van der Waals surface area contributed by atoms with Crippen molar-refractivity contribution in [2.75, 3.05) is 0 Å². The predicted molar refractivity (Wildman–Crippen MR) is 104 cm³/mol. The van der Waals surface area contributed by atoms with Crippen LogP contribution in [0.4, 0.5) is 0 Å². The summed E-state index contributed by atoms with van der Waals surface area (Å²) < 4.78 is 3.51. The number of hydrogen-bond donors (Lipinski definition) is 0. The molecule has 1 aromatic carbocycles. The molecule has 0 spiro atoms. The molecule has 4 nitrogen and oxygen atoms in total. The van der Waals surface area contributed by atoms with Crippen molar-refractivity contribution in [3.05, 3.63) is 82.0 Å². The Morgan fingerprint density at radius 1 is 1.20 bits per heavy atom. The van der Waals surface area contributed by atoms with Crippen molar-refractivity contribution in [3.63, 3.8) is 0 Å². The molecule has 5 heteroatoms. The van der Waals surface area contributed by atoms with Gasteiger partial charge in [0, 0.05) is 35.6 Å². The molecule has 0 fully saturated rings. The highest BCUT2D eigenvalue weighted by atomic mass is 35.5. The first-order valence-electron chi connectivity index (χ1n) is 7.86. The smallest absolute Gasteiger partial charge is 0.250 e. The SMILES string of the molecule is C=Cc1c(/C=C\C)nc(-c2ccn(C)c(=O)c2)n1-c1ccc(Cl)cc1. The molecule has 0 saturated heterocycles. The van der Waals surface area contributed by atoms with Crippen LogP contribution in [0.5, 0.6) is 0 Å². The third-order valence-electron chi connectivity index (χ3n) is 3.91. The van der Waals surface area contributed by atoms with E-state index in [2.05, 4.69) is 6.58 Å². The predicted octanol–water partition coefficient (Wildman–Crippen LogP) is 4.57. The molecule has 0 amide bonds. The highest BCUT2D eigenvalue weighted by molar-refractivity contribution is 6.30. The Bertz CT molecular complexity index is 1010. The van der Waals surface area contributed by atoms with Crippen molar-refractivity contribution in [1.82, 2.24) is 14.1 Å². The topological polar surface area (TPSA) is 39.8 Å². The molecule has 0 saturated carbocycles. The summed E-state index contributed by atoms with van der Waals surface area (Å²) in [5, 5.41) is 0.660. The maximum Gasteiger partial charge on any atom is 0.250 e. The average Bonchev–Trinajstić information content (AvgIpc) is 2.97. The zero-order chi connectivity index (χ0) is 18.0. The van der Waals surface area contributed by atoms with Gasteiger partial charge in [-0.25, -0.2) is 4.98 Å². The number of imidazole rings is 1. The highest BCUT2D eigenvalue weighted by Crippen LogP contribution is 2.28. The van der Waals surface area contributed by atoms with Gasteiger partial charge in [0.2, 0.25) is 0 Å². The summed E-state index contributed by atoms with van der Waals surface area (Å²) in [5.41, 5.74) is 3.21. The fourth-order valence-electron chi connectivity index (χ4n) is 2.66. The molecular weight excluding hydrogens is 334 g/mol. The van der Waals surface area contributed by atoms with Gasteiger partial charge in [-0.15, -0.1) is 0 Å². The lowest BCUT2D eigenvalue weighted by Gasteiger charge is -2.11. The van der Waals surface area contributed by atoms with Gasteiger partial charge in [0.25, 0.3) is 5.56 Å². The van der Waals surface area contributed by atoms with Gasteiger partial charge in [0.1, 0.15) is 5.82 Å². The number of rotatable bonds is 4. The summed E-state index contributed by atoms with van der Waals surface area (Å²) in [5.74, 6) is 0.683. The van der Waals surface area contributed by atoms with E-state index in [0.717, 1.165) is 22.6 Å². The van der Waals surface area contributed by atoms with E-state index >= 15 is 0 Å². The Labute approximate surface area is 151 Å². The second kappa shape index (κ2) is 6.95. The lowest BCUT2D eigenvalue weighted by atomic mass is 10.2. The quantitative estimate of drug-likeness (QED) is 0.690. The molecular formula is C20H18ClN3O. The number of pyridine rings is 1. The van der Waals surface area contributed by atoms with Crippen LogP contribution in [0.25, 0.3) is 29.2 Å². The molecule has 0 N–H and O–H groups in total. The molecule has 2 heterocycles. The first kappa shape index (κ1) is 17.0. The van der Waals surface area contributed by atoms with E-state index in [9.17, 15) is 4.79 Å². The van der Waals surface area contributed by atoms with Crippen LogP contribution in [-0.4, -0.2) is 14.1 Å². The van der Waals surface area contributed by atoms with Gasteiger partial charge in [-0.2, -0.15) is 0 Å². The first-order chi connectivity index (χ1) is 12.0. The van der Waals surface area contributed by atoms with Crippen molar-refractivity contribution in [3.8, 4) is 17.1 Å². The zero-order valence-corrected chi connectivity index (χ0v) is 14.9. The van der Waals surface area contributed by atoms with E-state index in [0.29, 0.717) is 10.8 Å². The molecule has 3 aromatic rings. The fraction of sp³-hybridized carbons (Fsp3) is 0.100. The van der Waals surface area contributed by atoms with Crippen LogP contribution in [0.3, 0.4) is 0 Å². The zero-order valence-electron chi connectivity index (χ0n) is 14.1. The molecule has 0 bridgehead atoms. The molecule has 0 unspecified atom stereocenters. The van der Waals surface area contributed by atoms with Crippen LogP contribution in [-0.2, 0) is 7.05 Å². The minimum atomic E-state index is -0.0871. The summed E-state index contributed by atoms with van der Waals surface area (Å²) in [6.07, 6.45) is 7.35. The van der Waals surface area contributed by atoms with Crippen molar-refractivity contribution >= 4 is 23.8 Å². The van der Waals surface area contributed by atoms with Crippen molar-refractivity contribution in [2.45, 2.75) is 6.92 Å². The van der Waals surface area contributed by atoms with Gasteiger partial charge in [-0.3, -0.25) is 9.36 Å². The third kappa shape index (κ3) is 3.21. The molecule has 25 heavy (non-hydrogen) atoms. The number of hydrogen-bond acceptors (Lipinski definition) is 2. The van der Waals surface area contributed by atoms with E-state index in [4.69, 9.17) is 16.6 Å². The number of nitrogens with zero attached hydrogens (tertiary/aromatic N) is 3. The lowest BCUT2D eigenvalue weighted by Crippen LogP contribution is -2.14. The second-order valence-corrected chi connectivity index (χ2v) is 6.02. The normalized spacial score (nSPS) is 11.2. The maximum absolute atomic E-state index is 12.1. The molecule has 126 valence electrons. The van der Waals surface area contributed by atoms with Gasteiger partial charge >= 0.3 is 0 Å². The van der Waals surface area contributed by atoms with Crippen molar-refractivity contribution in [2.24, 2.45) is 7.05 Å². The number of aromatic nitrogens is 3. The van der Waals surface area contributed by atoms with E-state index in [1.54, 1.807) is 25.4 Å². The second-order valence-electron chi connectivity index (χ2n) is 5.59. The van der Waals surface area contributed by atoms with Crippen LogP contribution in [0, 0.1) is 0 Å². The van der Waals surface area contributed by atoms with E-state index < -0.39 is 0 Å². The Balaban J connectivity index is 2.33. The summed E-state index contributed by atoms with van der Waals surface area (Å²) in [4.78, 5) is 16.8. The first-order valence-corrected chi connectivity index (χ1v) is 8.24. The third-order valence-corrected chi connectivity index (χ3v) is 4.16. The van der Waals surface area contributed by atoms with Crippen LogP contribution < -0.4 is 5.56 Å². The average molecular weight is 352 g/mol. The Hall–Kier alpha value is -2.85. The van der Waals surface area contributed by atoms with Crippen LogP contribution >= 0.6 is 11.6 Å². The molecule has 0 radical (unpaired) electrons. The van der Waals surface area contributed by atoms with Gasteiger partial charge in [-0.1, -0.05) is 24.3 Å². The van der Waals surface area contributed by atoms with Gasteiger partial charge < -0.3 is 4.57 Å². The lowest BCUT2D eigenvalue weighted by molar-refractivity contribution is 0.859. The standard InChI is InChI=1S/C20H18ClN3O/c1-4-6-17-18(5-2)24(16-9-7-15(21)8-10-16)20(22-17)14-11-12-23(3)19(25)13-14/h4-13H,2H2,1,3H3/b6-4-. The number of allylic oxidation sites excluding steroid dienone is 1. The minimum absolute atomic E-state index is 0.0871. The number of halogens is 1. The van der Waals surface area contributed by atoms with Crippen LogP contribution in [0.1, 0.15) is 18.3 Å². The Kier molecular flexibility index (Phi) is 4.72. The van der Waals surface area contributed by atoms with Crippen LogP contribution in [0.15, 0.2) is 60.0 Å². The van der Waals surface area contributed by atoms with Crippen LogP contribution in [0.2, 0.25) is 5.02 Å².